The van der Waals surface area contributed by atoms with Gasteiger partial charge < -0.3 is 10.1 Å². The third-order valence-electron chi connectivity index (χ3n) is 2.66. The summed E-state index contributed by atoms with van der Waals surface area (Å²) in [6.07, 6.45) is 1.55. The minimum atomic E-state index is -3.64. The Balaban J connectivity index is 2.32. The second-order valence-electron chi connectivity index (χ2n) is 4.18. The van der Waals surface area contributed by atoms with Crippen molar-refractivity contribution >= 4 is 26.5 Å². The lowest BCUT2D eigenvalue weighted by Gasteiger charge is -2.12. The number of benzene rings is 1. The number of nitrogens with zero attached hydrogens (tertiary/aromatic N) is 1. The summed E-state index contributed by atoms with van der Waals surface area (Å²) < 4.78 is 32.6. The topological polar surface area (TPSA) is 80.3 Å². The van der Waals surface area contributed by atoms with Gasteiger partial charge in [-0.15, -0.1) is 11.3 Å². The molecule has 1 heterocycles. The minimum Gasteiger partial charge on any atom is -0.494 e. The Morgan fingerprint density at radius 3 is 2.81 bits per heavy atom. The zero-order valence-corrected chi connectivity index (χ0v) is 13.4. The Hall–Kier alpha value is -1.64. The Morgan fingerprint density at radius 1 is 1.38 bits per heavy atom. The first-order valence-corrected chi connectivity index (χ1v) is 8.75. The summed E-state index contributed by atoms with van der Waals surface area (Å²) in [6, 6.07) is 4.81. The number of hydrogen-bond donors (Lipinski definition) is 2. The van der Waals surface area contributed by atoms with Gasteiger partial charge in [0, 0.05) is 23.7 Å². The van der Waals surface area contributed by atoms with Crippen LogP contribution in [0.1, 0.15) is 12.5 Å². The Bertz CT molecular complexity index is 685. The van der Waals surface area contributed by atoms with Crippen LogP contribution in [0.4, 0.5) is 5.13 Å². The molecule has 114 valence electrons. The fraction of sp³-hybridized carbons (Fsp3) is 0.308. The van der Waals surface area contributed by atoms with Gasteiger partial charge in [-0.05, 0) is 32.2 Å². The summed E-state index contributed by atoms with van der Waals surface area (Å²) in [5, 5.41) is 5.06. The molecule has 21 heavy (non-hydrogen) atoms. The van der Waals surface area contributed by atoms with Crippen molar-refractivity contribution in [3.63, 3.8) is 0 Å². The molecule has 2 rings (SSSR count). The molecular weight excluding hydrogens is 310 g/mol. The third-order valence-corrected chi connectivity index (χ3v) is 4.82. The summed E-state index contributed by atoms with van der Waals surface area (Å²) in [6.45, 7) is 2.94. The van der Waals surface area contributed by atoms with E-state index in [1.807, 2.05) is 6.92 Å². The molecule has 0 aliphatic heterocycles. The van der Waals surface area contributed by atoms with Crippen molar-refractivity contribution in [1.82, 2.24) is 10.3 Å². The van der Waals surface area contributed by atoms with E-state index in [2.05, 4.69) is 15.0 Å². The Morgan fingerprint density at radius 2 is 2.19 bits per heavy atom. The predicted molar refractivity (Wildman–Crippen MR) is 83.3 cm³/mol. The minimum absolute atomic E-state index is 0.186. The van der Waals surface area contributed by atoms with Gasteiger partial charge in [0.05, 0.1) is 11.5 Å². The molecule has 0 fully saturated rings. The van der Waals surface area contributed by atoms with Gasteiger partial charge in [-0.25, -0.2) is 13.4 Å². The van der Waals surface area contributed by atoms with Crippen molar-refractivity contribution in [3.05, 3.63) is 35.3 Å². The van der Waals surface area contributed by atoms with E-state index in [-0.39, 0.29) is 4.90 Å². The maximum Gasteiger partial charge on any atom is 0.263 e. The van der Waals surface area contributed by atoms with E-state index in [0.29, 0.717) is 24.0 Å². The highest BCUT2D eigenvalue weighted by atomic mass is 32.2. The number of sulfonamides is 1. The molecule has 0 bridgehead atoms. The lowest BCUT2D eigenvalue weighted by Crippen LogP contribution is -2.14. The van der Waals surface area contributed by atoms with Crippen molar-refractivity contribution in [3.8, 4) is 5.75 Å². The molecule has 6 nitrogen and oxygen atoms in total. The van der Waals surface area contributed by atoms with E-state index in [1.54, 1.807) is 30.8 Å². The van der Waals surface area contributed by atoms with Crippen LogP contribution in [0.2, 0.25) is 0 Å². The van der Waals surface area contributed by atoms with E-state index >= 15 is 0 Å². The van der Waals surface area contributed by atoms with Crippen LogP contribution in [0.5, 0.6) is 5.75 Å². The smallest absolute Gasteiger partial charge is 0.263 e. The molecule has 0 atom stereocenters. The molecule has 0 spiro atoms. The molecule has 0 saturated heterocycles. The third kappa shape index (κ3) is 3.93. The van der Waals surface area contributed by atoms with Gasteiger partial charge in [0.2, 0.25) is 0 Å². The van der Waals surface area contributed by atoms with Crippen molar-refractivity contribution in [2.75, 3.05) is 18.4 Å². The number of aromatic nitrogens is 1. The van der Waals surface area contributed by atoms with Crippen molar-refractivity contribution in [1.29, 1.82) is 0 Å². The maximum absolute atomic E-state index is 12.3. The van der Waals surface area contributed by atoms with Crippen molar-refractivity contribution in [2.45, 2.75) is 18.4 Å². The highest BCUT2D eigenvalue weighted by Gasteiger charge is 2.17. The van der Waals surface area contributed by atoms with Gasteiger partial charge in [0.25, 0.3) is 10.0 Å². The highest BCUT2D eigenvalue weighted by molar-refractivity contribution is 7.93. The number of rotatable bonds is 7. The molecule has 0 unspecified atom stereocenters. The lowest BCUT2D eigenvalue weighted by atomic mass is 10.2. The van der Waals surface area contributed by atoms with E-state index in [1.165, 1.54) is 17.4 Å². The highest BCUT2D eigenvalue weighted by Crippen LogP contribution is 2.24. The first-order chi connectivity index (χ1) is 10.1. The molecule has 1 aromatic heterocycles. The van der Waals surface area contributed by atoms with Gasteiger partial charge in [-0.3, -0.25) is 4.72 Å². The van der Waals surface area contributed by atoms with Crippen LogP contribution >= 0.6 is 11.3 Å². The fourth-order valence-corrected chi connectivity index (χ4v) is 3.63. The normalized spacial score (nSPS) is 11.3. The quantitative estimate of drug-likeness (QED) is 0.814. The molecule has 0 amide bonds. The first-order valence-electron chi connectivity index (χ1n) is 6.39. The summed E-state index contributed by atoms with van der Waals surface area (Å²) in [5.41, 5.74) is 0.793. The molecule has 2 aromatic rings. The van der Waals surface area contributed by atoms with Crippen LogP contribution < -0.4 is 14.8 Å². The Kier molecular flexibility index (Phi) is 5.16. The first kappa shape index (κ1) is 15.7. The summed E-state index contributed by atoms with van der Waals surface area (Å²) in [7, 11) is -1.84. The molecular formula is C13H17N3O3S2. The van der Waals surface area contributed by atoms with Gasteiger partial charge in [-0.2, -0.15) is 0 Å². The molecule has 0 aliphatic rings. The molecule has 1 aromatic carbocycles. The number of thiazole rings is 1. The average Bonchev–Trinajstić information content (AvgIpc) is 2.93. The van der Waals surface area contributed by atoms with Crippen LogP contribution in [0.15, 0.2) is 34.7 Å². The summed E-state index contributed by atoms with van der Waals surface area (Å²) in [4.78, 5) is 4.11. The van der Waals surface area contributed by atoms with Crippen LogP contribution in [-0.2, 0) is 16.6 Å². The van der Waals surface area contributed by atoms with Crippen LogP contribution in [0.25, 0.3) is 0 Å². The number of anilines is 1. The molecule has 0 aliphatic carbocycles. The maximum atomic E-state index is 12.3. The Labute approximate surface area is 128 Å². The number of nitrogens with one attached hydrogen (secondary N) is 2. The SMILES string of the molecule is CCOc1ccc(S(=O)(=O)Nc2nccs2)cc1CNC. The number of hydrogen-bond acceptors (Lipinski definition) is 6. The molecule has 0 saturated carbocycles. The van der Waals surface area contributed by atoms with E-state index in [0.717, 1.165) is 5.56 Å². The standard InChI is InChI=1S/C13H17N3O3S2/c1-3-19-12-5-4-11(8-10(12)9-14-2)21(17,18)16-13-15-6-7-20-13/h4-8,14H,3,9H2,1-2H3,(H,15,16). The summed E-state index contributed by atoms with van der Waals surface area (Å²) in [5.74, 6) is 0.681. The largest absolute Gasteiger partial charge is 0.494 e. The molecule has 0 radical (unpaired) electrons. The number of ether oxygens (including phenoxy) is 1. The van der Waals surface area contributed by atoms with Crippen LogP contribution in [-0.4, -0.2) is 27.1 Å². The lowest BCUT2D eigenvalue weighted by molar-refractivity contribution is 0.335. The van der Waals surface area contributed by atoms with Gasteiger partial charge in [0.1, 0.15) is 5.75 Å². The van der Waals surface area contributed by atoms with E-state index < -0.39 is 10.0 Å². The molecule has 2 N–H and O–H groups in total. The molecule has 8 heteroatoms. The monoisotopic (exact) mass is 327 g/mol. The van der Waals surface area contributed by atoms with Gasteiger partial charge in [0.15, 0.2) is 5.13 Å². The van der Waals surface area contributed by atoms with Gasteiger partial charge >= 0.3 is 0 Å². The zero-order chi connectivity index (χ0) is 15.3. The van der Waals surface area contributed by atoms with Crippen LogP contribution in [0.3, 0.4) is 0 Å². The second kappa shape index (κ2) is 6.88. The van der Waals surface area contributed by atoms with Crippen LogP contribution in [0, 0.1) is 0 Å². The average molecular weight is 327 g/mol. The second-order valence-corrected chi connectivity index (χ2v) is 6.75. The van der Waals surface area contributed by atoms with Crippen molar-refractivity contribution in [2.24, 2.45) is 0 Å². The van der Waals surface area contributed by atoms with Gasteiger partial charge in [-0.1, -0.05) is 0 Å². The predicted octanol–water partition coefficient (Wildman–Crippen LogP) is 2.06. The van der Waals surface area contributed by atoms with E-state index in [4.69, 9.17) is 4.74 Å². The fourth-order valence-electron chi connectivity index (χ4n) is 1.80. The van der Waals surface area contributed by atoms with E-state index in [9.17, 15) is 8.42 Å². The zero-order valence-electron chi connectivity index (χ0n) is 11.8. The summed E-state index contributed by atoms with van der Waals surface area (Å²) >= 11 is 1.23. The van der Waals surface area contributed by atoms with Crippen molar-refractivity contribution < 1.29 is 13.2 Å².